The molecule has 0 radical (unpaired) electrons. The topological polar surface area (TPSA) is 39.4 Å². The van der Waals surface area contributed by atoms with Crippen molar-refractivity contribution in [1.82, 2.24) is 14.6 Å². The lowest BCUT2D eigenvalue weighted by Crippen LogP contribution is -2.23. The number of pyridine rings is 1. The highest BCUT2D eigenvalue weighted by Crippen LogP contribution is 2.61. The van der Waals surface area contributed by atoms with Crippen molar-refractivity contribution in [2.75, 3.05) is 0 Å². The van der Waals surface area contributed by atoms with Gasteiger partial charge in [0, 0.05) is 11.6 Å². The Kier molecular flexibility index (Phi) is 3.54. The van der Waals surface area contributed by atoms with Crippen LogP contribution in [0.1, 0.15) is 44.9 Å². The lowest BCUT2D eigenvalue weighted by molar-refractivity contribution is 0.325. The summed E-state index contributed by atoms with van der Waals surface area (Å²) in [6.45, 7) is 2.40. The van der Waals surface area contributed by atoms with E-state index in [0.29, 0.717) is 32.6 Å². The number of para-hydroxylation sites is 1. The van der Waals surface area contributed by atoms with Gasteiger partial charge in [0.15, 0.2) is 11.5 Å². The van der Waals surface area contributed by atoms with Crippen molar-refractivity contribution in [1.29, 1.82) is 0 Å². The highest BCUT2D eigenvalue weighted by molar-refractivity contribution is 6.37. The summed E-state index contributed by atoms with van der Waals surface area (Å²) < 4.78 is 8.12. The van der Waals surface area contributed by atoms with Crippen molar-refractivity contribution in [3.05, 3.63) is 52.4 Å². The summed E-state index contributed by atoms with van der Waals surface area (Å²) in [5.74, 6) is 2.11. The van der Waals surface area contributed by atoms with E-state index in [-0.39, 0.29) is 5.41 Å². The molecule has 0 N–H and O–H groups in total. The molecule has 0 atom stereocenters. The Morgan fingerprint density at radius 2 is 1.73 bits per heavy atom. The molecule has 0 spiro atoms. The van der Waals surface area contributed by atoms with Crippen molar-refractivity contribution < 1.29 is 4.74 Å². The fourth-order valence-electron chi connectivity index (χ4n) is 4.83. The van der Waals surface area contributed by atoms with Crippen molar-refractivity contribution in [2.45, 2.75) is 44.4 Å². The van der Waals surface area contributed by atoms with E-state index in [1.165, 1.54) is 32.1 Å². The maximum absolute atomic E-state index is 6.25. The Morgan fingerprint density at radius 1 is 1.00 bits per heavy atom. The first-order valence-corrected chi connectivity index (χ1v) is 9.72. The molecule has 134 valence electrons. The quantitative estimate of drug-likeness (QED) is 0.548. The van der Waals surface area contributed by atoms with Gasteiger partial charge < -0.3 is 4.74 Å². The number of fused-ring (bicyclic) bond motifs is 3. The molecule has 2 aromatic heterocycles. The van der Waals surface area contributed by atoms with Gasteiger partial charge in [-0.1, -0.05) is 36.2 Å². The SMILES string of the molecule is CC12CCC(c3nnc4c(Oc5c(Cl)cccc5Cl)cccn34)(CC1)C2. The molecule has 3 aromatic rings. The van der Waals surface area contributed by atoms with Crippen LogP contribution in [0.4, 0.5) is 0 Å². The minimum Gasteiger partial charge on any atom is -0.450 e. The zero-order chi connectivity index (χ0) is 17.9. The van der Waals surface area contributed by atoms with Gasteiger partial charge in [-0.2, -0.15) is 0 Å². The van der Waals surface area contributed by atoms with Crippen LogP contribution >= 0.6 is 23.2 Å². The molecule has 0 amide bonds. The van der Waals surface area contributed by atoms with Crippen LogP contribution in [0.15, 0.2) is 36.5 Å². The fourth-order valence-corrected chi connectivity index (χ4v) is 5.30. The zero-order valence-electron chi connectivity index (χ0n) is 14.5. The average molecular weight is 388 g/mol. The molecule has 4 nitrogen and oxygen atoms in total. The number of rotatable bonds is 3. The largest absolute Gasteiger partial charge is 0.450 e. The summed E-state index contributed by atoms with van der Waals surface area (Å²) >= 11 is 12.5. The smallest absolute Gasteiger partial charge is 0.203 e. The molecule has 2 saturated carbocycles. The van der Waals surface area contributed by atoms with Gasteiger partial charge in [0.2, 0.25) is 5.65 Å². The molecule has 0 aliphatic heterocycles. The predicted octanol–water partition coefficient (Wildman–Crippen LogP) is 6.05. The van der Waals surface area contributed by atoms with Crippen LogP contribution in [0.3, 0.4) is 0 Å². The van der Waals surface area contributed by atoms with Crippen molar-refractivity contribution in [3.8, 4) is 11.5 Å². The highest BCUT2D eigenvalue weighted by Gasteiger charge is 2.54. The Bertz CT molecular complexity index is 985. The lowest BCUT2D eigenvalue weighted by atomic mass is 9.82. The second-order valence-electron chi connectivity index (χ2n) is 8.01. The summed E-state index contributed by atoms with van der Waals surface area (Å²) in [5, 5.41) is 9.99. The summed E-state index contributed by atoms with van der Waals surface area (Å²) in [6.07, 6.45) is 8.13. The Labute approximate surface area is 162 Å². The lowest BCUT2D eigenvalue weighted by Gasteiger charge is -2.24. The van der Waals surface area contributed by atoms with Crippen LogP contribution < -0.4 is 4.74 Å². The summed E-state index contributed by atoms with van der Waals surface area (Å²) in [5.41, 5.74) is 1.31. The molecule has 2 heterocycles. The number of ether oxygens (including phenoxy) is 1. The molecule has 26 heavy (non-hydrogen) atoms. The highest BCUT2D eigenvalue weighted by atomic mass is 35.5. The second kappa shape index (κ2) is 5.61. The Hall–Kier alpha value is -1.78. The third-order valence-corrected chi connectivity index (χ3v) is 6.78. The van der Waals surface area contributed by atoms with Gasteiger partial charge in [0.25, 0.3) is 0 Å². The monoisotopic (exact) mass is 387 g/mol. The first-order chi connectivity index (χ1) is 12.5. The van der Waals surface area contributed by atoms with E-state index < -0.39 is 0 Å². The third kappa shape index (κ3) is 2.35. The van der Waals surface area contributed by atoms with Gasteiger partial charge in [-0.05, 0) is 61.8 Å². The Morgan fingerprint density at radius 3 is 2.38 bits per heavy atom. The van der Waals surface area contributed by atoms with Crippen LogP contribution in [-0.2, 0) is 5.41 Å². The molecule has 0 unspecified atom stereocenters. The van der Waals surface area contributed by atoms with Crippen molar-refractivity contribution in [2.24, 2.45) is 5.41 Å². The number of nitrogens with zero attached hydrogens (tertiary/aromatic N) is 3. The van der Waals surface area contributed by atoms with Gasteiger partial charge in [-0.25, -0.2) is 0 Å². The van der Waals surface area contributed by atoms with E-state index in [4.69, 9.17) is 27.9 Å². The molecule has 1 aromatic carbocycles. The van der Waals surface area contributed by atoms with E-state index in [1.807, 2.05) is 18.3 Å². The number of hydrogen-bond donors (Lipinski definition) is 0. The summed E-state index contributed by atoms with van der Waals surface area (Å²) in [4.78, 5) is 0. The number of benzene rings is 1. The molecule has 6 heteroatoms. The van der Waals surface area contributed by atoms with Gasteiger partial charge in [-0.3, -0.25) is 4.40 Å². The number of halogens is 2. The molecular formula is C20H19Cl2N3O. The van der Waals surface area contributed by atoms with E-state index >= 15 is 0 Å². The average Bonchev–Trinajstić information content (AvgIpc) is 3.29. The van der Waals surface area contributed by atoms with Crippen LogP contribution in [0.2, 0.25) is 10.0 Å². The van der Waals surface area contributed by atoms with Gasteiger partial charge in [-0.15, -0.1) is 10.2 Å². The van der Waals surface area contributed by atoms with Crippen LogP contribution in [0.5, 0.6) is 11.5 Å². The molecular weight excluding hydrogens is 369 g/mol. The van der Waals surface area contributed by atoms with E-state index in [2.05, 4.69) is 21.5 Å². The zero-order valence-corrected chi connectivity index (χ0v) is 16.0. The standard InChI is InChI=1S/C20H19Cl2N3O/c1-19-7-9-20(12-19,10-8-19)18-24-23-17-15(6-3-11-25(17)18)26-16-13(21)4-2-5-14(16)22/h2-6,11H,7-10,12H2,1H3. The maximum Gasteiger partial charge on any atom is 0.203 e. The molecule has 2 bridgehead atoms. The fraction of sp³-hybridized carbons (Fsp3) is 0.400. The van der Waals surface area contributed by atoms with Gasteiger partial charge >= 0.3 is 0 Å². The normalized spacial score (nSPS) is 27.3. The molecule has 0 saturated heterocycles. The molecule has 2 aliphatic rings. The number of hydrogen-bond acceptors (Lipinski definition) is 3. The molecule has 5 rings (SSSR count). The van der Waals surface area contributed by atoms with Crippen LogP contribution in [0.25, 0.3) is 5.65 Å². The van der Waals surface area contributed by atoms with Crippen molar-refractivity contribution in [3.63, 3.8) is 0 Å². The summed E-state index contributed by atoms with van der Waals surface area (Å²) in [7, 11) is 0. The van der Waals surface area contributed by atoms with E-state index in [9.17, 15) is 0 Å². The minimum atomic E-state index is 0.148. The Balaban J connectivity index is 1.59. The van der Waals surface area contributed by atoms with Crippen molar-refractivity contribution >= 4 is 28.8 Å². The van der Waals surface area contributed by atoms with E-state index in [1.54, 1.807) is 18.2 Å². The van der Waals surface area contributed by atoms with Crippen LogP contribution in [0, 0.1) is 5.41 Å². The minimum absolute atomic E-state index is 0.148. The maximum atomic E-state index is 6.25. The first kappa shape index (κ1) is 16.4. The molecule has 2 fully saturated rings. The van der Waals surface area contributed by atoms with Gasteiger partial charge in [0.05, 0.1) is 10.0 Å². The second-order valence-corrected chi connectivity index (χ2v) is 8.82. The van der Waals surface area contributed by atoms with E-state index in [0.717, 1.165) is 5.82 Å². The molecule has 2 aliphatic carbocycles. The first-order valence-electron chi connectivity index (χ1n) is 8.96. The predicted molar refractivity (Wildman–Crippen MR) is 102 cm³/mol. The van der Waals surface area contributed by atoms with Crippen LogP contribution in [-0.4, -0.2) is 14.6 Å². The number of aromatic nitrogens is 3. The summed E-state index contributed by atoms with van der Waals surface area (Å²) in [6, 6.07) is 9.14. The third-order valence-electron chi connectivity index (χ3n) is 6.18. The van der Waals surface area contributed by atoms with Gasteiger partial charge in [0.1, 0.15) is 5.82 Å².